The largest absolute Gasteiger partial charge is 0.365 e. The molecule has 1 aliphatic rings. The fourth-order valence-electron chi connectivity index (χ4n) is 2.22. The van der Waals surface area contributed by atoms with Gasteiger partial charge in [0.1, 0.15) is 0 Å². The van der Waals surface area contributed by atoms with Crippen LogP contribution in [0.25, 0.3) is 0 Å². The van der Waals surface area contributed by atoms with E-state index in [0.717, 1.165) is 17.4 Å². The Morgan fingerprint density at radius 1 is 1.47 bits per heavy atom. The van der Waals surface area contributed by atoms with Gasteiger partial charge in [-0.1, -0.05) is 22.0 Å². The number of rotatable bonds is 1. The van der Waals surface area contributed by atoms with Gasteiger partial charge in [0.05, 0.1) is 0 Å². The standard InChI is InChI=1S/C12H17BrN2/c1-12(2)11(14)6-7-15(12)10-5-3-4-9(13)8-10/h3-5,8,11H,6-7,14H2,1-2H3. The number of nitrogens with two attached hydrogens (primary N) is 1. The van der Waals surface area contributed by atoms with Crippen LogP contribution in [0.3, 0.4) is 0 Å². The van der Waals surface area contributed by atoms with E-state index in [1.807, 2.05) is 6.07 Å². The Hall–Kier alpha value is -0.540. The molecule has 82 valence electrons. The van der Waals surface area contributed by atoms with E-state index in [0.29, 0.717) is 0 Å². The Labute approximate surface area is 99.6 Å². The lowest BCUT2D eigenvalue weighted by Gasteiger charge is -2.36. The molecule has 0 amide bonds. The fourth-order valence-corrected chi connectivity index (χ4v) is 2.60. The maximum absolute atomic E-state index is 6.12. The third-order valence-electron chi connectivity index (χ3n) is 3.39. The van der Waals surface area contributed by atoms with Gasteiger partial charge >= 0.3 is 0 Å². The summed E-state index contributed by atoms with van der Waals surface area (Å²) in [4.78, 5) is 2.39. The summed E-state index contributed by atoms with van der Waals surface area (Å²) < 4.78 is 1.12. The first-order chi connectivity index (χ1) is 7.01. The number of hydrogen-bond donors (Lipinski definition) is 1. The van der Waals surface area contributed by atoms with Crippen molar-refractivity contribution in [1.29, 1.82) is 0 Å². The molecular formula is C12H17BrN2. The summed E-state index contributed by atoms with van der Waals surface area (Å²) in [7, 11) is 0. The lowest BCUT2D eigenvalue weighted by molar-refractivity contribution is 0.453. The number of hydrogen-bond acceptors (Lipinski definition) is 2. The molecule has 1 saturated heterocycles. The molecule has 1 aromatic rings. The Kier molecular flexibility index (Phi) is 2.77. The highest BCUT2D eigenvalue weighted by Crippen LogP contribution is 2.33. The van der Waals surface area contributed by atoms with Gasteiger partial charge in [-0.15, -0.1) is 0 Å². The Morgan fingerprint density at radius 3 is 2.73 bits per heavy atom. The van der Waals surface area contributed by atoms with Crippen molar-refractivity contribution < 1.29 is 0 Å². The van der Waals surface area contributed by atoms with Crippen LogP contribution in [0, 0.1) is 0 Å². The molecule has 0 spiro atoms. The van der Waals surface area contributed by atoms with Crippen LogP contribution in [0.1, 0.15) is 20.3 Å². The average molecular weight is 269 g/mol. The molecule has 0 radical (unpaired) electrons. The van der Waals surface area contributed by atoms with Crippen molar-refractivity contribution in [2.24, 2.45) is 5.73 Å². The van der Waals surface area contributed by atoms with Gasteiger partial charge in [0, 0.05) is 28.3 Å². The molecule has 0 saturated carbocycles. The van der Waals surface area contributed by atoms with Crippen molar-refractivity contribution in [3.8, 4) is 0 Å². The van der Waals surface area contributed by atoms with Crippen molar-refractivity contribution in [3.63, 3.8) is 0 Å². The maximum Gasteiger partial charge on any atom is 0.0497 e. The molecule has 0 bridgehead atoms. The molecule has 2 N–H and O–H groups in total. The molecule has 1 fully saturated rings. The quantitative estimate of drug-likeness (QED) is 0.849. The Morgan fingerprint density at radius 2 is 2.20 bits per heavy atom. The highest BCUT2D eigenvalue weighted by molar-refractivity contribution is 9.10. The molecule has 15 heavy (non-hydrogen) atoms. The predicted octanol–water partition coefficient (Wildman–Crippen LogP) is 2.77. The molecule has 1 aromatic carbocycles. The maximum atomic E-state index is 6.12. The van der Waals surface area contributed by atoms with Crippen LogP contribution in [-0.2, 0) is 0 Å². The predicted molar refractivity (Wildman–Crippen MR) is 68.2 cm³/mol. The third-order valence-corrected chi connectivity index (χ3v) is 3.88. The lowest BCUT2D eigenvalue weighted by atomic mass is 9.96. The van der Waals surface area contributed by atoms with Crippen LogP contribution in [0.5, 0.6) is 0 Å². The van der Waals surface area contributed by atoms with Crippen molar-refractivity contribution in [3.05, 3.63) is 28.7 Å². The molecule has 3 heteroatoms. The smallest absolute Gasteiger partial charge is 0.0497 e. The zero-order valence-corrected chi connectivity index (χ0v) is 10.8. The van der Waals surface area contributed by atoms with Crippen LogP contribution in [0.15, 0.2) is 28.7 Å². The van der Waals surface area contributed by atoms with E-state index in [2.05, 4.69) is 52.9 Å². The molecule has 0 aromatic heterocycles. The highest BCUT2D eigenvalue weighted by atomic mass is 79.9. The first-order valence-electron chi connectivity index (χ1n) is 5.30. The van der Waals surface area contributed by atoms with Crippen LogP contribution in [0.2, 0.25) is 0 Å². The molecule has 1 heterocycles. The second-order valence-corrected chi connectivity index (χ2v) is 5.60. The minimum atomic E-state index is 0.0563. The van der Waals surface area contributed by atoms with E-state index in [4.69, 9.17) is 5.73 Å². The normalized spacial score (nSPS) is 24.5. The summed E-state index contributed by atoms with van der Waals surface area (Å²) in [5.41, 5.74) is 7.43. The van der Waals surface area contributed by atoms with Gasteiger partial charge in [0.15, 0.2) is 0 Å². The summed E-state index contributed by atoms with van der Waals surface area (Å²) in [5, 5.41) is 0. The molecular weight excluding hydrogens is 252 g/mol. The third kappa shape index (κ3) is 1.91. The molecule has 2 nitrogen and oxygen atoms in total. The van der Waals surface area contributed by atoms with E-state index in [1.54, 1.807) is 0 Å². The minimum absolute atomic E-state index is 0.0563. The van der Waals surface area contributed by atoms with Crippen molar-refractivity contribution >= 4 is 21.6 Å². The first kappa shape index (κ1) is 11.0. The summed E-state index contributed by atoms with van der Waals surface area (Å²) in [6.45, 7) is 5.47. The zero-order valence-electron chi connectivity index (χ0n) is 9.20. The topological polar surface area (TPSA) is 29.3 Å². The first-order valence-corrected chi connectivity index (χ1v) is 6.10. The summed E-state index contributed by atoms with van der Waals surface area (Å²) in [6.07, 6.45) is 1.07. The lowest BCUT2D eigenvalue weighted by Crippen LogP contribution is -2.48. The number of anilines is 1. The van der Waals surface area contributed by atoms with E-state index in [-0.39, 0.29) is 11.6 Å². The van der Waals surface area contributed by atoms with Crippen LogP contribution < -0.4 is 10.6 Å². The van der Waals surface area contributed by atoms with E-state index in [9.17, 15) is 0 Å². The monoisotopic (exact) mass is 268 g/mol. The van der Waals surface area contributed by atoms with Crippen LogP contribution >= 0.6 is 15.9 Å². The van der Waals surface area contributed by atoms with Gasteiger partial charge in [-0.3, -0.25) is 0 Å². The SMILES string of the molecule is CC1(C)C(N)CCN1c1cccc(Br)c1. The van der Waals surface area contributed by atoms with E-state index in [1.165, 1.54) is 5.69 Å². The average Bonchev–Trinajstić information content (AvgIpc) is 2.42. The number of halogens is 1. The van der Waals surface area contributed by atoms with Crippen LogP contribution in [0.4, 0.5) is 5.69 Å². The molecule has 1 atom stereocenters. The summed E-state index contributed by atoms with van der Waals surface area (Å²) >= 11 is 3.50. The summed E-state index contributed by atoms with van der Waals surface area (Å²) in [5.74, 6) is 0. The van der Waals surface area contributed by atoms with Gasteiger partial charge in [0.2, 0.25) is 0 Å². The second-order valence-electron chi connectivity index (χ2n) is 4.68. The molecule has 0 aliphatic carbocycles. The van der Waals surface area contributed by atoms with Crippen molar-refractivity contribution in [2.75, 3.05) is 11.4 Å². The minimum Gasteiger partial charge on any atom is -0.365 e. The second kappa shape index (κ2) is 3.80. The van der Waals surface area contributed by atoms with Crippen molar-refractivity contribution in [2.45, 2.75) is 31.8 Å². The van der Waals surface area contributed by atoms with E-state index < -0.39 is 0 Å². The molecule has 2 rings (SSSR count). The van der Waals surface area contributed by atoms with Gasteiger partial charge < -0.3 is 10.6 Å². The van der Waals surface area contributed by atoms with Gasteiger partial charge in [-0.25, -0.2) is 0 Å². The molecule has 1 aliphatic heterocycles. The van der Waals surface area contributed by atoms with E-state index >= 15 is 0 Å². The van der Waals surface area contributed by atoms with Crippen LogP contribution in [-0.4, -0.2) is 18.1 Å². The molecule has 1 unspecified atom stereocenters. The number of benzene rings is 1. The summed E-state index contributed by atoms with van der Waals surface area (Å²) in [6, 6.07) is 8.67. The Bertz CT molecular complexity index is 362. The van der Waals surface area contributed by atoms with Crippen molar-refractivity contribution in [1.82, 2.24) is 0 Å². The highest BCUT2D eigenvalue weighted by Gasteiger charge is 2.38. The fraction of sp³-hybridized carbons (Fsp3) is 0.500. The number of nitrogens with zero attached hydrogens (tertiary/aromatic N) is 1. The van der Waals surface area contributed by atoms with Gasteiger partial charge in [-0.05, 0) is 38.5 Å². The van der Waals surface area contributed by atoms with Gasteiger partial charge in [0.25, 0.3) is 0 Å². The Balaban J connectivity index is 2.32. The van der Waals surface area contributed by atoms with Gasteiger partial charge in [-0.2, -0.15) is 0 Å². The zero-order chi connectivity index (χ0) is 11.1.